The molecule has 5 nitrogen and oxygen atoms in total. The molecule has 29 heavy (non-hydrogen) atoms. The summed E-state index contributed by atoms with van der Waals surface area (Å²) in [6.45, 7) is 3.43. The average Bonchev–Trinajstić information content (AvgIpc) is 3.16. The molecule has 0 saturated carbocycles. The van der Waals surface area contributed by atoms with Crippen molar-refractivity contribution in [1.82, 2.24) is 4.98 Å². The van der Waals surface area contributed by atoms with Crippen molar-refractivity contribution in [3.05, 3.63) is 70.6 Å². The standard InChI is InChI=1S/C21H18F2N2O3S/c1-3-13-4-6-14(7-5-13)18-11-29-21(24-18)25-19(26)12(2)28-20(27)16-9-8-15(22)10-17(16)23/h4-12H,3H2,1-2H3,(H,24,25,26)/t12-/m1/s1. The number of esters is 1. The quantitative estimate of drug-likeness (QED) is 0.584. The lowest BCUT2D eigenvalue weighted by Gasteiger charge is -2.12. The SMILES string of the molecule is CCc1ccc(-c2csc(NC(=O)[C@@H](C)OC(=O)c3ccc(F)cc3F)n2)cc1. The van der Waals surface area contributed by atoms with E-state index >= 15 is 0 Å². The molecule has 2 aromatic carbocycles. The van der Waals surface area contributed by atoms with Crippen molar-refractivity contribution in [2.24, 2.45) is 0 Å². The van der Waals surface area contributed by atoms with Crippen LogP contribution in [-0.2, 0) is 16.0 Å². The number of rotatable bonds is 6. The third kappa shape index (κ3) is 5.03. The van der Waals surface area contributed by atoms with Gasteiger partial charge in [0.15, 0.2) is 11.2 Å². The zero-order chi connectivity index (χ0) is 21.0. The number of halogens is 2. The number of thiazole rings is 1. The van der Waals surface area contributed by atoms with E-state index in [0.29, 0.717) is 16.9 Å². The third-order valence-corrected chi connectivity index (χ3v) is 4.95. The van der Waals surface area contributed by atoms with E-state index in [4.69, 9.17) is 4.74 Å². The number of nitrogens with zero attached hydrogens (tertiary/aromatic N) is 1. The Morgan fingerprint density at radius 2 is 1.90 bits per heavy atom. The Hall–Kier alpha value is -3.13. The molecule has 0 saturated heterocycles. The molecule has 0 unspecified atom stereocenters. The number of ether oxygens (including phenoxy) is 1. The number of hydrogen-bond donors (Lipinski definition) is 1. The number of hydrogen-bond acceptors (Lipinski definition) is 5. The maximum absolute atomic E-state index is 13.7. The van der Waals surface area contributed by atoms with Crippen molar-refractivity contribution < 1.29 is 23.1 Å². The normalized spacial score (nSPS) is 11.7. The highest BCUT2D eigenvalue weighted by Gasteiger charge is 2.22. The van der Waals surface area contributed by atoms with Gasteiger partial charge in [-0.3, -0.25) is 10.1 Å². The second kappa shape index (κ2) is 8.91. The van der Waals surface area contributed by atoms with E-state index in [2.05, 4.69) is 17.2 Å². The van der Waals surface area contributed by atoms with Crippen LogP contribution in [0.5, 0.6) is 0 Å². The Bertz CT molecular complexity index is 1030. The summed E-state index contributed by atoms with van der Waals surface area (Å²) in [5, 5.41) is 4.73. The molecule has 0 fully saturated rings. The van der Waals surface area contributed by atoms with E-state index in [1.807, 2.05) is 24.3 Å². The predicted octanol–water partition coefficient (Wildman–Crippen LogP) is 4.83. The van der Waals surface area contributed by atoms with Crippen molar-refractivity contribution in [1.29, 1.82) is 0 Å². The largest absolute Gasteiger partial charge is 0.449 e. The summed E-state index contributed by atoms with van der Waals surface area (Å²) < 4.78 is 31.6. The number of benzene rings is 2. The van der Waals surface area contributed by atoms with Crippen LogP contribution < -0.4 is 5.32 Å². The smallest absolute Gasteiger partial charge is 0.341 e. The van der Waals surface area contributed by atoms with Gasteiger partial charge in [-0.05, 0) is 31.0 Å². The van der Waals surface area contributed by atoms with Crippen LogP contribution in [0.3, 0.4) is 0 Å². The Morgan fingerprint density at radius 3 is 2.55 bits per heavy atom. The van der Waals surface area contributed by atoms with Gasteiger partial charge in [0.05, 0.1) is 11.3 Å². The van der Waals surface area contributed by atoms with Crippen LogP contribution in [0.4, 0.5) is 13.9 Å². The number of anilines is 1. The Labute approximate surface area is 170 Å². The molecule has 0 radical (unpaired) electrons. The van der Waals surface area contributed by atoms with Gasteiger partial charge in [0.1, 0.15) is 11.6 Å². The fourth-order valence-electron chi connectivity index (χ4n) is 2.51. The molecule has 0 aliphatic heterocycles. The fourth-order valence-corrected chi connectivity index (χ4v) is 3.24. The number of carbonyl (C=O) groups is 2. The van der Waals surface area contributed by atoms with E-state index in [0.717, 1.165) is 24.1 Å². The molecule has 1 N–H and O–H groups in total. The number of amides is 1. The molecular weight excluding hydrogens is 398 g/mol. The fraction of sp³-hybridized carbons (Fsp3) is 0.190. The first-order valence-corrected chi connectivity index (χ1v) is 9.77. The van der Waals surface area contributed by atoms with Crippen LogP contribution in [0.25, 0.3) is 11.3 Å². The molecule has 0 bridgehead atoms. The zero-order valence-corrected chi connectivity index (χ0v) is 16.6. The average molecular weight is 416 g/mol. The molecule has 0 aliphatic rings. The molecular formula is C21H18F2N2O3S. The first kappa shape index (κ1) is 20.6. The van der Waals surface area contributed by atoms with Crippen LogP contribution in [0.15, 0.2) is 47.8 Å². The Morgan fingerprint density at radius 1 is 1.17 bits per heavy atom. The predicted molar refractivity (Wildman–Crippen MR) is 107 cm³/mol. The zero-order valence-electron chi connectivity index (χ0n) is 15.7. The number of carbonyl (C=O) groups excluding carboxylic acids is 2. The molecule has 0 aliphatic carbocycles. The summed E-state index contributed by atoms with van der Waals surface area (Å²) in [6, 6.07) is 10.4. The summed E-state index contributed by atoms with van der Waals surface area (Å²) in [6.07, 6.45) is -0.250. The van der Waals surface area contributed by atoms with Crippen molar-refractivity contribution in [3.63, 3.8) is 0 Å². The minimum atomic E-state index is -1.19. The Kier molecular flexibility index (Phi) is 6.33. The number of aromatic nitrogens is 1. The lowest BCUT2D eigenvalue weighted by molar-refractivity contribution is -0.123. The number of aryl methyl sites for hydroxylation is 1. The Balaban J connectivity index is 1.62. The van der Waals surface area contributed by atoms with Crippen molar-refractivity contribution in [2.75, 3.05) is 5.32 Å². The minimum absolute atomic E-state index is 0.348. The highest BCUT2D eigenvalue weighted by molar-refractivity contribution is 7.14. The molecule has 1 atom stereocenters. The van der Waals surface area contributed by atoms with Crippen LogP contribution in [0.1, 0.15) is 29.8 Å². The first-order valence-electron chi connectivity index (χ1n) is 8.89. The van der Waals surface area contributed by atoms with Crippen LogP contribution >= 0.6 is 11.3 Å². The summed E-state index contributed by atoms with van der Waals surface area (Å²) >= 11 is 1.23. The van der Waals surface area contributed by atoms with E-state index in [-0.39, 0.29) is 0 Å². The lowest BCUT2D eigenvalue weighted by atomic mass is 10.1. The van der Waals surface area contributed by atoms with Crippen molar-refractivity contribution in [3.8, 4) is 11.3 Å². The van der Waals surface area contributed by atoms with Crippen LogP contribution in [0.2, 0.25) is 0 Å². The number of nitrogens with one attached hydrogen (secondary N) is 1. The van der Waals surface area contributed by atoms with Gasteiger partial charge in [-0.1, -0.05) is 31.2 Å². The molecule has 0 spiro atoms. The molecule has 8 heteroatoms. The van der Waals surface area contributed by atoms with Crippen LogP contribution in [-0.4, -0.2) is 23.0 Å². The maximum atomic E-state index is 13.7. The summed E-state index contributed by atoms with van der Waals surface area (Å²) in [5.41, 5.74) is 2.40. The van der Waals surface area contributed by atoms with Gasteiger partial charge >= 0.3 is 5.97 Å². The van der Waals surface area contributed by atoms with Gasteiger partial charge in [0, 0.05) is 17.0 Å². The van der Waals surface area contributed by atoms with Crippen molar-refractivity contribution in [2.45, 2.75) is 26.4 Å². The van der Waals surface area contributed by atoms with E-state index in [9.17, 15) is 18.4 Å². The van der Waals surface area contributed by atoms with E-state index in [1.165, 1.54) is 23.8 Å². The molecule has 1 heterocycles. The molecule has 150 valence electrons. The van der Waals surface area contributed by atoms with Crippen molar-refractivity contribution >= 4 is 28.3 Å². The van der Waals surface area contributed by atoms with Gasteiger partial charge < -0.3 is 4.74 Å². The maximum Gasteiger partial charge on any atom is 0.341 e. The van der Waals surface area contributed by atoms with Gasteiger partial charge in [-0.2, -0.15) is 0 Å². The van der Waals surface area contributed by atoms with Gasteiger partial charge in [0.25, 0.3) is 5.91 Å². The van der Waals surface area contributed by atoms with E-state index in [1.54, 1.807) is 5.38 Å². The second-order valence-electron chi connectivity index (χ2n) is 6.25. The van der Waals surface area contributed by atoms with Gasteiger partial charge in [-0.15, -0.1) is 11.3 Å². The molecule has 1 amide bonds. The summed E-state index contributed by atoms with van der Waals surface area (Å²) in [4.78, 5) is 28.6. The highest BCUT2D eigenvalue weighted by Crippen LogP contribution is 2.25. The lowest BCUT2D eigenvalue weighted by Crippen LogP contribution is -2.30. The van der Waals surface area contributed by atoms with Gasteiger partial charge in [0.2, 0.25) is 0 Å². The van der Waals surface area contributed by atoms with E-state index < -0.39 is 35.2 Å². The molecule has 1 aromatic heterocycles. The topological polar surface area (TPSA) is 68.3 Å². The summed E-state index contributed by atoms with van der Waals surface area (Å²) in [7, 11) is 0. The van der Waals surface area contributed by atoms with Crippen LogP contribution in [0, 0.1) is 11.6 Å². The monoisotopic (exact) mass is 416 g/mol. The highest BCUT2D eigenvalue weighted by atomic mass is 32.1. The minimum Gasteiger partial charge on any atom is -0.449 e. The molecule has 3 aromatic rings. The molecule has 3 rings (SSSR count). The summed E-state index contributed by atoms with van der Waals surface area (Å²) in [5.74, 6) is -3.53. The van der Waals surface area contributed by atoms with Gasteiger partial charge in [-0.25, -0.2) is 18.6 Å². The first-order chi connectivity index (χ1) is 13.9. The third-order valence-electron chi connectivity index (χ3n) is 4.20. The second-order valence-corrected chi connectivity index (χ2v) is 7.11.